The molecule has 4 atom stereocenters. The van der Waals surface area contributed by atoms with Crippen molar-refractivity contribution in [2.45, 2.75) is 50.1 Å². The Labute approximate surface area is 252 Å². The van der Waals surface area contributed by atoms with Crippen LogP contribution in [0.1, 0.15) is 49.1 Å². The predicted octanol–water partition coefficient (Wildman–Crippen LogP) is 6.77. The molecule has 3 N–H and O–H groups in total. The quantitative estimate of drug-likeness (QED) is 0.268. The van der Waals surface area contributed by atoms with Gasteiger partial charge in [0, 0.05) is 52.9 Å². The lowest BCUT2D eigenvalue weighted by Gasteiger charge is -2.41. The first-order valence-corrected chi connectivity index (χ1v) is 15.4. The number of hydrogen-bond donors (Lipinski definition) is 3. The third-order valence-electron chi connectivity index (χ3n) is 9.36. The number of hydrogen-bond acceptors (Lipinski definition) is 5. The van der Waals surface area contributed by atoms with Crippen molar-refractivity contribution in [3.8, 4) is 5.75 Å². The van der Waals surface area contributed by atoms with Crippen LogP contribution in [0.15, 0.2) is 72.8 Å². The Hall–Kier alpha value is -2.77. The van der Waals surface area contributed by atoms with Crippen molar-refractivity contribution in [2.24, 2.45) is 17.8 Å². The second-order valence-electron chi connectivity index (χ2n) is 11.7. The largest absolute Gasteiger partial charge is 0.482 e. The minimum Gasteiger partial charge on any atom is -0.482 e. The van der Waals surface area contributed by atoms with Gasteiger partial charge in [-0.2, -0.15) is 0 Å². The summed E-state index contributed by atoms with van der Waals surface area (Å²) in [5.41, 5.74) is 11.1. The molecule has 6 rings (SSSR count). The number of nitrogens with one attached hydrogen (secondary N) is 2. The van der Waals surface area contributed by atoms with Crippen molar-refractivity contribution in [1.82, 2.24) is 10.9 Å². The number of halogens is 2. The fourth-order valence-electron chi connectivity index (χ4n) is 7.40. The van der Waals surface area contributed by atoms with Crippen molar-refractivity contribution in [3.63, 3.8) is 0 Å². The number of benzene rings is 3. The Bertz CT molecular complexity index is 1280. The molecular weight excluding hydrogens is 557 g/mol. The van der Waals surface area contributed by atoms with E-state index in [0.717, 1.165) is 41.7 Å². The van der Waals surface area contributed by atoms with Crippen LogP contribution in [0.3, 0.4) is 0 Å². The minimum absolute atomic E-state index is 0.309. The van der Waals surface area contributed by atoms with Crippen LogP contribution in [0.5, 0.6) is 5.75 Å². The molecule has 3 aromatic carbocycles. The molecule has 0 bridgehead atoms. The maximum absolute atomic E-state index is 10.9. The van der Waals surface area contributed by atoms with Crippen LogP contribution in [0.2, 0.25) is 10.0 Å². The fraction of sp³-hybridized carbons (Fsp3) is 0.424. The standard InChI is InChI=1S/C33H37Cl2N3O3/c34-25-9-4-21(5-10-25)32(22-6-11-26(35)12-7-22)24-8-13-30-29(18-24)33(37-36-30)23-14-16-38(17-15-23)27-2-1-3-28(19-27)41-20-31(39)40/h1-7,9-12,19,23-24,29-30,32-33,36-37H,8,13-18,20H2,(H,39,40). The summed E-state index contributed by atoms with van der Waals surface area (Å²) in [4.78, 5) is 13.3. The predicted molar refractivity (Wildman–Crippen MR) is 164 cm³/mol. The molecule has 41 heavy (non-hydrogen) atoms. The molecule has 0 amide bonds. The number of ether oxygens (including phenoxy) is 1. The third kappa shape index (κ3) is 6.51. The second kappa shape index (κ2) is 12.6. The fourth-order valence-corrected chi connectivity index (χ4v) is 7.66. The van der Waals surface area contributed by atoms with E-state index in [1.807, 2.05) is 42.5 Å². The number of carboxylic acid groups (broad SMARTS) is 1. The van der Waals surface area contributed by atoms with E-state index in [4.69, 9.17) is 33.0 Å². The zero-order valence-electron chi connectivity index (χ0n) is 23.0. The first-order valence-electron chi connectivity index (χ1n) is 14.7. The lowest BCUT2D eigenvalue weighted by atomic mass is 9.66. The topological polar surface area (TPSA) is 73.8 Å². The molecule has 1 aliphatic carbocycles. The van der Waals surface area contributed by atoms with Gasteiger partial charge in [-0.25, -0.2) is 4.79 Å². The molecule has 4 unspecified atom stereocenters. The van der Waals surface area contributed by atoms with Gasteiger partial charge >= 0.3 is 5.97 Å². The van der Waals surface area contributed by atoms with Gasteiger partial charge in [0.2, 0.25) is 0 Å². The Kier molecular flexibility index (Phi) is 8.73. The maximum Gasteiger partial charge on any atom is 0.341 e. The van der Waals surface area contributed by atoms with Gasteiger partial charge in [-0.15, -0.1) is 0 Å². The Morgan fingerprint density at radius 2 is 1.56 bits per heavy atom. The van der Waals surface area contributed by atoms with Gasteiger partial charge in [0.15, 0.2) is 6.61 Å². The van der Waals surface area contributed by atoms with Crippen LogP contribution in [-0.2, 0) is 4.79 Å². The summed E-state index contributed by atoms with van der Waals surface area (Å²) < 4.78 is 5.41. The van der Waals surface area contributed by atoms with Gasteiger partial charge in [-0.1, -0.05) is 53.5 Å². The smallest absolute Gasteiger partial charge is 0.341 e. The summed E-state index contributed by atoms with van der Waals surface area (Å²) in [6.07, 6.45) is 5.75. The van der Waals surface area contributed by atoms with Gasteiger partial charge in [0.25, 0.3) is 0 Å². The normalized spacial score (nSPS) is 24.8. The number of carboxylic acids is 1. The molecule has 2 heterocycles. The first kappa shape index (κ1) is 28.4. The van der Waals surface area contributed by atoms with Gasteiger partial charge in [0.1, 0.15) is 5.75 Å². The zero-order chi connectivity index (χ0) is 28.3. The van der Waals surface area contributed by atoms with E-state index in [-0.39, 0.29) is 6.61 Å². The molecule has 6 nitrogen and oxygen atoms in total. The van der Waals surface area contributed by atoms with E-state index in [0.29, 0.717) is 41.5 Å². The molecule has 3 aliphatic rings. The maximum atomic E-state index is 10.9. The highest BCUT2D eigenvalue weighted by Gasteiger charge is 2.45. The Morgan fingerprint density at radius 3 is 2.20 bits per heavy atom. The molecule has 2 saturated heterocycles. The molecule has 3 aromatic rings. The summed E-state index contributed by atoms with van der Waals surface area (Å²) in [6, 6.07) is 25.5. The molecule has 0 spiro atoms. The summed E-state index contributed by atoms with van der Waals surface area (Å²) in [6.45, 7) is 1.63. The Morgan fingerprint density at radius 1 is 0.902 bits per heavy atom. The third-order valence-corrected chi connectivity index (χ3v) is 9.86. The van der Waals surface area contributed by atoms with Crippen molar-refractivity contribution in [3.05, 3.63) is 94.0 Å². The van der Waals surface area contributed by atoms with Crippen LogP contribution in [0.4, 0.5) is 5.69 Å². The SMILES string of the molecule is O=C(O)COc1cccc(N2CCC(C3NNC4CCC(C(c5ccc(Cl)cc5)c5ccc(Cl)cc5)CC43)CC2)c1. The van der Waals surface area contributed by atoms with E-state index in [2.05, 4.69) is 46.1 Å². The average Bonchev–Trinajstić information content (AvgIpc) is 3.42. The molecule has 3 fully saturated rings. The van der Waals surface area contributed by atoms with Crippen LogP contribution in [0.25, 0.3) is 0 Å². The second-order valence-corrected chi connectivity index (χ2v) is 12.6. The number of carbonyl (C=O) groups is 1. The number of hydrazine groups is 1. The molecule has 8 heteroatoms. The average molecular weight is 595 g/mol. The van der Waals surface area contributed by atoms with E-state index < -0.39 is 5.97 Å². The zero-order valence-corrected chi connectivity index (χ0v) is 24.5. The summed E-state index contributed by atoms with van der Waals surface area (Å²) in [5.74, 6) is 1.66. The van der Waals surface area contributed by atoms with E-state index in [1.165, 1.54) is 30.4 Å². The highest BCUT2D eigenvalue weighted by Crippen LogP contribution is 2.46. The van der Waals surface area contributed by atoms with E-state index in [9.17, 15) is 4.79 Å². The number of piperidine rings is 1. The molecule has 216 valence electrons. The lowest BCUT2D eigenvalue weighted by Crippen LogP contribution is -2.45. The molecular formula is C33H37Cl2N3O3. The van der Waals surface area contributed by atoms with Crippen LogP contribution < -0.4 is 20.5 Å². The molecule has 1 saturated carbocycles. The summed E-state index contributed by atoms with van der Waals surface area (Å²) in [7, 11) is 0. The van der Waals surface area contributed by atoms with Crippen LogP contribution in [-0.4, -0.2) is 42.9 Å². The first-order chi connectivity index (χ1) is 19.9. The van der Waals surface area contributed by atoms with Crippen molar-refractivity contribution >= 4 is 34.9 Å². The molecule has 2 aliphatic heterocycles. The lowest BCUT2D eigenvalue weighted by molar-refractivity contribution is -0.139. The van der Waals surface area contributed by atoms with Crippen LogP contribution in [0, 0.1) is 17.8 Å². The molecule has 0 radical (unpaired) electrons. The number of anilines is 1. The van der Waals surface area contributed by atoms with Crippen molar-refractivity contribution in [1.29, 1.82) is 0 Å². The minimum atomic E-state index is -0.968. The van der Waals surface area contributed by atoms with Gasteiger partial charge in [-0.3, -0.25) is 10.9 Å². The highest BCUT2D eigenvalue weighted by molar-refractivity contribution is 6.30. The highest BCUT2D eigenvalue weighted by atomic mass is 35.5. The Balaban J connectivity index is 1.14. The van der Waals surface area contributed by atoms with E-state index >= 15 is 0 Å². The van der Waals surface area contributed by atoms with Crippen LogP contribution >= 0.6 is 23.2 Å². The van der Waals surface area contributed by atoms with Gasteiger partial charge < -0.3 is 14.7 Å². The summed E-state index contributed by atoms with van der Waals surface area (Å²) >= 11 is 12.5. The number of aliphatic carboxylic acids is 1. The van der Waals surface area contributed by atoms with Gasteiger partial charge in [-0.05, 0) is 97.4 Å². The number of fused-ring (bicyclic) bond motifs is 1. The number of rotatable bonds is 8. The van der Waals surface area contributed by atoms with Crippen molar-refractivity contribution in [2.75, 3.05) is 24.6 Å². The summed E-state index contributed by atoms with van der Waals surface area (Å²) in [5, 5.41) is 10.5. The van der Waals surface area contributed by atoms with E-state index in [1.54, 1.807) is 0 Å². The number of nitrogens with zero attached hydrogens (tertiary/aromatic N) is 1. The molecule has 0 aromatic heterocycles. The monoisotopic (exact) mass is 593 g/mol. The van der Waals surface area contributed by atoms with Gasteiger partial charge in [0.05, 0.1) is 0 Å². The van der Waals surface area contributed by atoms with Crippen molar-refractivity contribution < 1.29 is 14.6 Å².